The van der Waals surface area contributed by atoms with Gasteiger partial charge in [-0.2, -0.15) is 5.10 Å². The van der Waals surface area contributed by atoms with Crippen molar-refractivity contribution in [2.45, 2.75) is 52.2 Å². The number of anilines is 1. The molecule has 2 heterocycles. The zero-order chi connectivity index (χ0) is 28.5. The van der Waals surface area contributed by atoms with E-state index in [-0.39, 0.29) is 34.8 Å². The van der Waals surface area contributed by atoms with E-state index in [0.717, 1.165) is 34.6 Å². The first-order valence-corrected chi connectivity index (χ1v) is 14.5. The van der Waals surface area contributed by atoms with Crippen LogP contribution in [-0.4, -0.2) is 66.0 Å². The van der Waals surface area contributed by atoms with E-state index in [1.807, 2.05) is 29.7 Å². The molecule has 0 bridgehead atoms. The molecule has 1 atom stereocenters. The van der Waals surface area contributed by atoms with Gasteiger partial charge in [-0.3, -0.25) is 14.5 Å². The van der Waals surface area contributed by atoms with E-state index in [2.05, 4.69) is 83.3 Å². The van der Waals surface area contributed by atoms with E-state index in [1.165, 1.54) is 11.1 Å². The number of aromatic nitrogens is 2. The number of hydrogen-bond donors (Lipinski definition) is 1. The fraction of sp³-hybridized carbons (Fsp3) is 0.452. The maximum absolute atomic E-state index is 13.8. The minimum Gasteiger partial charge on any atom is -0.353 e. The van der Waals surface area contributed by atoms with Crippen molar-refractivity contribution in [2.24, 2.45) is 0 Å². The summed E-state index contributed by atoms with van der Waals surface area (Å²) in [6, 6.07) is 14.6. The fourth-order valence-electron chi connectivity index (χ4n) is 5.03. The first kappa shape index (κ1) is 28.9. The summed E-state index contributed by atoms with van der Waals surface area (Å²) in [6.07, 6.45) is 0. The first-order valence-electron chi connectivity index (χ1n) is 13.5. The van der Waals surface area contributed by atoms with Gasteiger partial charge in [-0.25, -0.2) is 4.68 Å². The van der Waals surface area contributed by atoms with Crippen LogP contribution in [0.2, 0.25) is 0 Å². The van der Waals surface area contributed by atoms with Crippen LogP contribution in [0.1, 0.15) is 59.5 Å². The number of benzene rings is 2. The second-order valence-electron chi connectivity index (χ2n) is 11.7. The van der Waals surface area contributed by atoms with Crippen LogP contribution in [0.3, 0.4) is 0 Å². The zero-order valence-corrected chi connectivity index (χ0v) is 25.3. The van der Waals surface area contributed by atoms with Crippen molar-refractivity contribution < 1.29 is 9.59 Å². The third kappa shape index (κ3) is 6.23. The molecule has 1 aliphatic heterocycles. The molecule has 4 rings (SSSR count). The van der Waals surface area contributed by atoms with E-state index < -0.39 is 0 Å². The summed E-state index contributed by atoms with van der Waals surface area (Å²) in [5.41, 5.74) is 7.12. The monoisotopic (exact) mass is 547 g/mol. The van der Waals surface area contributed by atoms with Gasteiger partial charge in [-0.15, -0.1) is 11.8 Å². The number of carbonyl (C=O) groups is 2. The van der Waals surface area contributed by atoms with Gasteiger partial charge in [-0.1, -0.05) is 62.7 Å². The average Bonchev–Trinajstić information content (AvgIpc) is 3.17. The highest BCUT2D eigenvalue weighted by atomic mass is 32.2. The van der Waals surface area contributed by atoms with Crippen LogP contribution in [0.15, 0.2) is 42.5 Å². The molecule has 0 saturated carbocycles. The number of hydrogen-bond acceptors (Lipinski definition) is 5. The van der Waals surface area contributed by atoms with Crippen molar-refractivity contribution in [3.63, 3.8) is 0 Å². The third-order valence-electron chi connectivity index (χ3n) is 7.03. The predicted molar refractivity (Wildman–Crippen MR) is 161 cm³/mol. The largest absolute Gasteiger partial charge is 0.353 e. The highest BCUT2D eigenvalue weighted by Gasteiger charge is 2.40. The number of fused-ring (bicyclic) bond motifs is 1. The average molecular weight is 548 g/mol. The molecule has 208 valence electrons. The minimum absolute atomic E-state index is 0.0551. The molecule has 0 saturated heterocycles. The molecule has 1 unspecified atom stereocenters. The van der Waals surface area contributed by atoms with Crippen LogP contribution in [0.4, 0.5) is 5.82 Å². The maximum atomic E-state index is 13.8. The molecule has 7 nitrogen and oxygen atoms in total. The number of likely N-dealkylation sites (N-methyl/N-ethyl adjacent to an activating group) is 1. The Morgan fingerprint density at radius 3 is 2.46 bits per heavy atom. The predicted octanol–water partition coefficient (Wildman–Crippen LogP) is 4.94. The molecule has 0 radical (unpaired) electrons. The van der Waals surface area contributed by atoms with Gasteiger partial charge in [0.05, 0.1) is 22.4 Å². The van der Waals surface area contributed by atoms with Gasteiger partial charge < -0.3 is 10.2 Å². The second-order valence-corrected chi connectivity index (χ2v) is 12.8. The van der Waals surface area contributed by atoms with Crippen molar-refractivity contribution in [2.75, 3.05) is 44.4 Å². The molecule has 3 aromatic rings. The molecule has 0 spiro atoms. The molecule has 1 aromatic heterocycles. The number of rotatable bonds is 7. The molecular weight excluding hydrogens is 506 g/mol. The van der Waals surface area contributed by atoms with E-state index in [4.69, 9.17) is 5.10 Å². The lowest BCUT2D eigenvalue weighted by atomic mass is 9.86. The fourth-order valence-corrected chi connectivity index (χ4v) is 6.32. The van der Waals surface area contributed by atoms with Gasteiger partial charge in [0, 0.05) is 24.1 Å². The van der Waals surface area contributed by atoms with Crippen molar-refractivity contribution in [3.8, 4) is 5.69 Å². The molecular formula is C31H41N5O2S. The molecule has 2 amide bonds. The second kappa shape index (κ2) is 11.6. The Kier molecular flexibility index (Phi) is 8.57. The summed E-state index contributed by atoms with van der Waals surface area (Å²) < 4.78 is 1.91. The Hall–Kier alpha value is -3.10. The molecule has 1 N–H and O–H groups in total. The topological polar surface area (TPSA) is 70.5 Å². The molecule has 2 aromatic carbocycles. The van der Waals surface area contributed by atoms with Gasteiger partial charge in [0.1, 0.15) is 12.4 Å². The lowest BCUT2D eigenvalue weighted by Gasteiger charge is -2.25. The Morgan fingerprint density at radius 2 is 1.82 bits per heavy atom. The van der Waals surface area contributed by atoms with Gasteiger partial charge in [0.15, 0.2) is 0 Å². The Balaban J connectivity index is 1.96. The lowest BCUT2D eigenvalue weighted by molar-refractivity contribution is -0.122. The number of thioether (sulfide) groups is 1. The van der Waals surface area contributed by atoms with E-state index in [9.17, 15) is 9.59 Å². The smallest absolute Gasteiger partial charge is 0.240 e. The lowest BCUT2D eigenvalue weighted by Crippen LogP contribution is -2.43. The number of nitrogens with one attached hydrogen (secondary N) is 1. The third-order valence-corrected chi connectivity index (χ3v) is 8.27. The molecule has 0 fully saturated rings. The van der Waals surface area contributed by atoms with Crippen molar-refractivity contribution in [1.82, 2.24) is 20.0 Å². The van der Waals surface area contributed by atoms with Crippen molar-refractivity contribution in [1.29, 1.82) is 0 Å². The van der Waals surface area contributed by atoms with E-state index in [0.29, 0.717) is 12.4 Å². The van der Waals surface area contributed by atoms with Crippen molar-refractivity contribution >= 4 is 29.4 Å². The number of carbonyl (C=O) groups excluding carboxylic acids is 2. The van der Waals surface area contributed by atoms with Gasteiger partial charge in [0.25, 0.3) is 0 Å². The standard InChI is InChI=1S/C31H41N5O2S/c1-20-13-14-24(22(3)17-20)36-30-27(29(33-36)31(4,5)6)28(23-12-10-9-11-21(23)2)39-19-26(38)35(30)18-25(37)32-15-16-34(7)8/h9-14,17,28H,15-16,18-19H2,1-8H3,(H,32,37). The summed E-state index contributed by atoms with van der Waals surface area (Å²) in [4.78, 5) is 30.7. The molecule has 39 heavy (non-hydrogen) atoms. The van der Waals surface area contributed by atoms with Gasteiger partial charge in [0.2, 0.25) is 11.8 Å². The van der Waals surface area contributed by atoms with Crippen LogP contribution in [0.25, 0.3) is 5.69 Å². The quantitative estimate of drug-likeness (QED) is 0.454. The number of aryl methyl sites for hydroxylation is 3. The van der Waals surface area contributed by atoms with Crippen molar-refractivity contribution in [3.05, 3.63) is 76.0 Å². The summed E-state index contributed by atoms with van der Waals surface area (Å²) in [7, 11) is 3.94. The van der Waals surface area contributed by atoms with Crippen LogP contribution < -0.4 is 10.2 Å². The Labute approximate surface area is 237 Å². The van der Waals surface area contributed by atoms with Crippen LogP contribution in [-0.2, 0) is 15.0 Å². The van der Waals surface area contributed by atoms with Crippen LogP contribution in [0.5, 0.6) is 0 Å². The minimum atomic E-state index is -0.289. The normalized spacial score (nSPS) is 15.9. The highest BCUT2D eigenvalue weighted by Crippen LogP contribution is 2.49. The summed E-state index contributed by atoms with van der Waals surface area (Å²) in [5, 5.41) is 8.11. The maximum Gasteiger partial charge on any atom is 0.240 e. The van der Waals surface area contributed by atoms with Crippen LogP contribution >= 0.6 is 11.8 Å². The van der Waals surface area contributed by atoms with E-state index in [1.54, 1.807) is 16.7 Å². The zero-order valence-electron chi connectivity index (χ0n) is 24.5. The first-order chi connectivity index (χ1) is 18.4. The van der Waals surface area contributed by atoms with Gasteiger partial charge >= 0.3 is 0 Å². The van der Waals surface area contributed by atoms with Crippen LogP contribution in [0, 0.1) is 20.8 Å². The van der Waals surface area contributed by atoms with E-state index >= 15 is 0 Å². The number of amides is 2. The SMILES string of the molecule is Cc1ccc(-n2nc(C(C)(C)C)c3c2N(CC(=O)NCCN(C)C)C(=O)CSC3c2ccccc2C)c(C)c1. The summed E-state index contributed by atoms with van der Waals surface area (Å²) >= 11 is 1.62. The Bertz CT molecular complexity index is 1370. The summed E-state index contributed by atoms with van der Waals surface area (Å²) in [6.45, 7) is 13.9. The summed E-state index contributed by atoms with van der Waals surface area (Å²) in [5.74, 6) is 0.695. The molecule has 0 aliphatic carbocycles. The molecule has 8 heteroatoms. The highest BCUT2D eigenvalue weighted by molar-refractivity contribution is 8.00. The number of nitrogens with zero attached hydrogens (tertiary/aromatic N) is 4. The Morgan fingerprint density at radius 1 is 1.10 bits per heavy atom. The van der Waals surface area contributed by atoms with Gasteiger partial charge in [-0.05, 0) is 57.6 Å². The molecule has 1 aliphatic rings.